The zero-order valence-corrected chi connectivity index (χ0v) is 17.2. The van der Waals surface area contributed by atoms with Gasteiger partial charge < -0.3 is 15.1 Å². The highest BCUT2D eigenvalue weighted by atomic mass is 16.2. The second-order valence-corrected chi connectivity index (χ2v) is 8.88. The van der Waals surface area contributed by atoms with Crippen molar-refractivity contribution in [3.63, 3.8) is 0 Å². The Morgan fingerprint density at radius 1 is 0.893 bits per heavy atom. The van der Waals surface area contributed by atoms with Crippen molar-refractivity contribution in [2.75, 3.05) is 31.5 Å². The normalized spacial score (nSPS) is 18.2. The molecule has 2 saturated heterocycles. The molecule has 0 spiro atoms. The number of rotatable bonds is 3. The van der Waals surface area contributed by atoms with Gasteiger partial charge in [-0.05, 0) is 49.9 Å². The second kappa shape index (κ2) is 8.33. The van der Waals surface area contributed by atoms with E-state index in [4.69, 9.17) is 0 Å². The summed E-state index contributed by atoms with van der Waals surface area (Å²) < 4.78 is 0. The van der Waals surface area contributed by atoms with Crippen LogP contribution >= 0.6 is 0 Å². The summed E-state index contributed by atoms with van der Waals surface area (Å²) in [5.41, 5.74) is 0.980. The summed E-state index contributed by atoms with van der Waals surface area (Å²) in [6, 6.07) is 7.14. The quantitative estimate of drug-likeness (QED) is 0.869. The van der Waals surface area contributed by atoms with Crippen LogP contribution in [-0.4, -0.2) is 53.7 Å². The molecule has 2 aliphatic heterocycles. The van der Waals surface area contributed by atoms with Crippen LogP contribution in [0, 0.1) is 11.3 Å². The van der Waals surface area contributed by atoms with Crippen LogP contribution in [0.1, 0.15) is 56.8 Å². The number of amides is 3. The van der Waals surface area contributed by atoms with Crippen LogP contribution in [-0.2, 0) is 9.59 Å². The molecular weight excluding hydrogens is 354 g/mol. The number of nitrogens with one attached hydrogen (secondary N) is 1. The van der Waals surface area contributed by atoms with Crippen molar-refractivity contribution in [2.45, 2.75) is 46.5 Å². The number of carbonyl (C=O) groups is 3. The van der Waals surface area contributed by atoms with Crippen molar-refractivity contribution in [2.24, 2.45) is 11.3 Å². The first-order chi connectivity index (χ1) is 13.3. The second-order valence-electron chi connectivity index (χ2n) is 8.88. The summed E-state index contributed by atoms with van der Waals surface area (Å²) in [6.07, 6.45) is 3.50. The lowest BCUT2D eigenvalue weighted by molar-refractivity contribution is -0.142. The fourth-order valence-corrected chi connectivity index (χ4v) is 3.86. The lowest BCUT2D eigenvalue weighted by atomic mass is 9.90. The van der Waals surface area contributed by atoms with E-state index >= 15 is 0 Å². The molecular formula is C22H31N3O3. The first kappa shape index (κ1) is 20.4. The summed E-state index contributed by atoms with van der Waals surface area (Å²) >= 11 is 0. The van der Waals surface area contributed by atoms with E-state index in [1.807, 2.05) is 30.6 Å². The number of piperidine rings is 1. The number of nitrogens with zero attached hydrogens (tertiary/aromatic N) is 2. The van der Waals surface area contributed by atoms with Crippen molar-refractivity contribution in [3.05, 3.63) is 29.8 Å². The van der Waals surface area contributed by atoms with Gasteiger partial charge >= 0.3 is 0 Å². The van der Waals surface area contributed by atoms with Gasteiger partial charge in [-0.3, -0.25) is 14.4 Å². The van der Waals surface area contributed by atoms with Gasteiger partial charge in [0, 0.05) is 48.8 Å². The molecule has 0 aliphatic carbocycles. The van der Waals surface area contributed by atoms with Gasteiger partial charge in [0.05, 0.1) is 0 Å². The Kier molecular flexibility index (Phi) is 6.06. The highest BCUT2D eigenvalue weighted by Crippen LogP contribution is 2.24. The molecule has 1 aromatic rings. The fourth-order valence-electron chi connectivity index (χ4n) is 3.86. The van der Waals surface area contributed by atoms with Crippen molar-refractivity contribution in [1.82, 2.24) is 9.80 Å². The summed E-state index contributed by atoms with van der Waals surface area (Å²) in [5, 5.41) is 2.95. The molecule has 0 radical (unpaired) electrons. The average Bonchev–Trinajstić information content (AvgIpc) is 3.21. The van der Waals surface area contributed by atoms with Crippen LogP contribution < -0.4 is 5.32 Å². The minimum atomic E-state index is -0.386. The zero-order chi connectivity index (χ0) is 20.3. The highest BCUT2D eigenvalue weighted by molar-refractivity contribution is 5.96. The molecule has 2 aliphatic rings. The minimum Gasteiger partial charge on any atom is -0.342 e. The van der Waals surface area contributed by atoms with Crippen molar-refractivity contribution < 1.29 is 14.4 Å². The van der Waals surface area contributed by atoms with E-state index in [1.165, 1.54) is 0 Å². The number of hydrogen-bond donors (Lipinski definition) is 1. The number of benzene rings is 1. The fraction of sp³-hybridized carbons (Fsp3) is 0.591. The molecule has 2 heterocycles. The Labute approximate surface area is 167 Å². The third kappa shape index (κ3) is 4.72. The third-order valence-corrected chi connectivity index (χ3v) is 5.59. The van der Waals surface area contributed by atoms with Crippen LogP contribution in [0.4, 0.5) is 5.69 Å². The summed E-state index contributed by atoms with van der Waals surface area (Å²) in [6.45, 7) is 8.67. The SMILES string of the molecule is CC(C)(C)C(=O)N1CCC(C(=O)Nc2ccc(C(=O)N3CCCC3)cc2)CC1. The Balaban J connectivity index is 1.51. The highest BCUT2D eigenvalue weighted by Gasteiger charge is 2.32. The first-order valence-electron chi connectivity index (χ1n) is 10.3. The molecule has 6 nitrogen and oxygen atoms in total. The van der Waals surface area contributed by atoms with Crippen molar-refractivity contribution in [1.29, 1.82) is 0 Å². The lowest BCUT2D eigenvalue weighted by Gasteiger charge is -2.35. The molecule has 0 bridgehead atoms. The molecule has 0 unspecified atom stereocenters. The van der Waals surface area contributed by atoms with Gasteiger partial charge in [0.15, 0.2) is 0 Å². The number of anilines is 1. The van der Waals surface area contributed by atoms with Crippen LogP contribution in [0.5, 0.6) is 0 Å². The van der Waals surface area contributed by atoms with Gasteiger partial charge in [-0.2, -0.15) is 0 Å². The largest absolute Gasteiger partial charge is 0.342 e. The van der Waals surface area contributed by atoms with Crippen molar-refractivity contribution in [3.8, 4) is 0 Å². The first-order valence-corrected chi connectivity index (χ1v) is 10.3. The smallest absolute Gasteiger partial charge is 0.253 e. The summed E-state index contributed by atoms with van der Waals surface area (Å²) in [4.78, 5) is 41.1. The zero-order valence-electron chi connectivity index (χ0n) is 17.2. The molecule has 152 valence electrons. The van der Waals surface area contributed by atoms with Gasteiger partial charge in [0.2, 0.25) is 11.8 Å². The van der Waals surface area contributed by atoms with E-state index in [1.54, 1.807) is 24.3 Å². The summed E-state index contributed by atoms with van der Waals surface area (Å²) in [7, 11) is 0. The molecule has 3 rings (SSSR count). The third-order valence-electron chi connectivity index (χ3n) is 5.59. The van der Waals surface area contributed by atoms with Gasteiger partial charge in [-0.15, -0.1) is 0 Å². The van der Waals surface area contributed by atoms with E-state index in [9.17, 15) is 14.4 Å². The standard InChI is InChI=1S/C22H31N3O3/c1-22(2,3)21(28)25-14-10-16(11-15-25)19(26)23-18-8-6-17(7-9-18)20(27)24-12-4-5-13-24/h6-9,16H,4-5,10-15H2,1-3H3,(H,23,26). The molecule has 1 N–H and O–H groups in total. The van der Waals surface area contributed by atoms with Gasteiger partial charge in [-0.1, -0.05) is 20.8 Å². The molecule has 6 heteroatoms. The van der Waals surface area contributed by atoms with Crippen LogP contribution in [0.2, 0.25) is 0 Å². The van der Waals surface area contributed by atoms with Crippen LogP contribution in [0.25, 0.3) is 0 Å². The Morgan fingerprint density at radius 2 is 1.46 bits per heavy atom. The monoisotopic (exact) mass is 385 g/mol. The molecule has 3 amide bonds. The van der Waals surface area contributed by atoms with Gasteiger partial charge in [0.1, 0.15) is 0 Å². The Morgan fingerprint density at radius 3 is 2.00 bits per heavy atom. The number of hydrogen-bond acceptors (Lipinski definition) is 3. The minimum absolute atomic E-state index is 0.0125. The molecule has 28 heavy (non-hydrogen) atoms. The average molecular weight is 386 g/mol. The maximum atomic E-state index is 12.6. The lowest BCUT2D eigenvalue weighted by Crippen LogP contribution is -2.45. The van der Waals surface area contributed by atoms with Crippen LogP contribution in [0.3, 0.4) is 0 Å². The predicted octanol–water partition coefficient (Wildman–Crippen LogP) is 3.15. The Bertz CT molecular complexity index is 722. The van der Waals surface area contributed by atoms with Gasteiger partial charge in [0.25, 0.3) is 5.91 Å². The Hall–Kier alpha value is -2.37. The van der Waals surface area contributed by atoms with E-state index in [2.05, 4.69) is 5.32 Å². The molecule has 2 fully saturated rings. The molecule has 0 atom stereocenters. The maximum absolute atomic E-state index is 12.6. The van der Waals surface area contributed by atoms with E-state index in [0.29, 0.717) is 37.2 Å². The predicted molar refractivity (Wildman–Crippen MR) is 109 cm³/mol. The van der Waals surface area contributed by atoms with Crippen LogP contribution in [0.15, 0.2) is 24.3 Å². The maximum Gasteiger partial charge on any atom is 0.253 e. The number of carbonyl (C=O) groups excluding carboxylic acids is 3. The molecule has 0 aromatic heterocycles. The van der Waals surface area contributed by atoms with Crippen molar-refractivity contribution >= 4 is 23.4 Å². The van der Waals surface area contributed by atoms with E-state index < -0.39 is 0 Å². The van der Waals surface area contributed by atoms with E-state index in [0.717, 1.165) is 25.9 Å². The van der Waals surface area contributed by atoms with E-state index in [-0.39, 0.29) is 29.1 Å². The molecule has 0 saturated carbocycles. The summed E-state index contributed by atoms with van der Waals surface area (Å²) in [5.74, 6) is 0.104. The topological polar surface area (TPSA) is 69.7 Å². The molecule has 1 aromatic carbocycles. The number of likely N-dealkylation sites (tertiary alicyclic amines) is 2. The van der Waals surface area contributed by atoms with Gasteiger partial charge in [-0.25, -0.2) is 0 Å².